The lowest BCUT2D eigenvalue weighted by Crippen LogP contribution is -2.50. The largest absolute Gasteiger partial charge is 0.335 e. The van der Waals surface area contributed by atoms with E-state index < -0.39 is 11.3 Å². The van der Waals surface area contributed by atoms with Crippen molar-refractivity contribution in [2.75, 3.05) is 30.9 Å². The van der Waals surface area contributed by atoms with Gasteiger partial charge in [-0.05, 0) is 30.7 Å². The van der Waals surface area contributed by atoms with E-state index in [9.17, 15) is 13.8 Å². The maximum atomic E-state index is 12.7. The Labute approximate surface area is 158 Å². The van der Waals surface area contributed by atoms with Gasteiger partial charge in [-0.15, -0.1) is 0 Å². The van der Waals surface area contributed by atoms with E-state index in [0.717, 1.165) is 0 Å². The Morgan fingerprint density at radius 3 is 2.33 bits per heavy atom. The standard InChI is InChI=1S/C17H19N5O4S/c1-12-10-13(2-3-14(12)20-27(25)26)16(23)21-6-8-22(9-7-21)17(24)15-11-18-4-5-19-15/h2-5,10-11,20H,6-9H2,1H3,(H,25,26). The van der Waals surface area contributed by atoms with Crippen molar-refractivity contribution in [3.8, 4) is 0 Å². The lowest BCUT2D eigenvalue weighted by Gasteiger charge is -2.34. The van der Waals surface area contributed by atoms with E-state index in [1.165, 1.54) is 18.6 Å². The van der Waals surface area contributed by atoms with Crippen LogP contribution in [0, 0.1) is 6.92 Å². The fourth-order valence-corrected chi connectivity index (χ4v) is 3.29. The molecule has 1 aliphatic rings. The third-order valence-electron chi connectivity index (χ3n) is 4.31. The monoisotopic (exact) mass is 389 g/mol. The SMILES string of the molecule is Cc1cc(C(=O)N2CCN(C(=O)c3cnccn3)CC2)ccc1NS(=O)O. The van der Waals surface area contributed by atoms with Crippen molar-refractivity contribution < 1.29 is 18.4 Å². The van der Waals surface area contributed by atoms with Gasteiger partial charge in [0.1, 0.15) is 5.69 Å². The Hall–Kier alpha value is -2.85. The summed E-state index contributed by atoms with van der Waals surface area (Å²) in [6.07, 6.45) is 4.41. The number of rotatable bonds is 4. The average Bonchev–Trinajstić information content (AvgIpc) is 2.69. The second kappa shape index (κ2) is 8.23. The summed E-state index contributed by atoms with van der Waals surface area (Å²) >= 11 is -2.17. The van der Waals surface area contributed by atoms with Gasteiger partial charge in [-0.1, -0.05) is 0 Å². The van der Waals surface area contributed by atoms with Gasteiger partial charge in [0.2, 0.25) is 0 Å². The molecule has 0 radical (unpaired) electrons. The number of nitrogens with zero attached hydrogens (tertiary/aromatic N) is 4. The van der Waals surface area contributed by atoms with E-state index in [-0.39, 0.29) is 17.5 Å². The maximum Gasteiger partial charge on any atom is 0.274 e. The molecule has 1 aromatic carbocycles. The van der Waals surface area contributed by atoms with Gasteiger partial charge in [0.15, 0.2) is 0 Å². The molecule has 0 saturated carbocycles. The highest BCUT2D eigenvalue weighted by Crippen LogP contribution is 2.19. The number of carbonyl (C=O) groups is 2. The molecule has 3 rings (SSSR count). The molecule has 0 spiro atoms. The molecular formula is C17H19N5O4S. The molecule has 1 unspecified atom stereocenters. The number of hydrogen-bond donors (Lipinski definition) is 2. The summed E-state index contributed by atoms with van der Waals surface area (Å²) in [6, 6.07) is 4.89. The number of hydrogen-bond acceptors (Lipinski definition) is 5. The van der Waals surface area contributed by atoms with Crippen LogP contribution in [-0.2, 0) is 11.3 Å². The zero-order valence-electron chi connectivity index (χ0n) is 14.7. The minimum atomic E-state index is -2.17. The first kappa shape index (κ1) is 18.9. The third-order valence-corrected chi connectivity index (χ3v) is 4.70. The summed E-state index contributed by atoms with van der Waals surface area (Å²) in [5.74, 6) is -0.333. The second-order valence-corrected chi connectivity index (χ2v) is 6.76. The molecule has 1 aromatic heterocycles. The highest BCUT2D eigenvalue weighted by atomic mass is 32.2. The third kappa shape index (κ3) is 4.47. The Morgan fingerprint density at radius 1 is 1.11 bits per heavy atom. The Bertz CT molecular complexity index is 869. The van der Waals surface area contributed by atoms with Gasteiger partial charge in [0, 0.05) is 44.1 Å². The molecule has 1 fully saturated rings. The van der Waals surface area contributed by atoms with Crippen LogP contribution in [0.4, 0.5) is 5.69 Å². The first-order chi connectivity index (χ1) is 13.0. The Balaban J connectivity index is 1.62. The van der Waals surface area contributed by atoms with Crippen molar-refractivity contribution >= 4 is 28.8 Å². The first-order valence-electron chi connectivity index (χ1n) is 8.28. The quantitative estimate of drug-likeness (QED) is 0.752. The van der Waals surface area contributed by atoms with Crippen molar-refractivity contribution in [1.82, 2.24) is 19.8 Å². The summed E-state index contributed by atoms with van der Waals surface area (Å²) in [7, 11) is 0. The molecule has 142 valence electrons. The average molecular weight is 389 g/mol. The summed E-state index contributed by atoms with van der Waals surface area (Å²) in [5, 5.41) is 0. The van der Waals surface area contributed by atoms with Crippen molar-refractivity contribution in [2.24, 2.45) is 0 Å². The topological polar surface area (TPSA) is 116 Å². The van der Waals surface area contributed by atoms with Crippen LogP contribution in [0.2, 0.25) is 0 Å². The van der Waals surface area contributed by atoms with Crippen molar-refractivity contribution in [3.05, 3.63) is 53.6 Å². The summed E-state index contributed by atoms with van der Waals surface area (Å²) in [5.41, 5.74) is 1.97. The van der Waals surface area contributed by atoms with E-state index in [4.69, 9.17) is 4.55 Å². The minimum Gasteiger partial charge on any atom is -0.335 e. The van der Waals surface area contributed by atoms with Gasteiger partial charge in [0.25, 0.3) is 23.1 Å². The van der Waals surface area contributed by atoms with Crippen LogP contribution in [0.15, 0.2) is 36.8 Å². The molecule has 0 bridgehead atoms. The molecule has 27 heavy (non-hydrogen) atoms. The van der Waals surface area contributed by atoms with Gasteiger partial charge in [-0.3, -0.25) is 23.8 Å². The maximum absolute atomic E-state index is 12.7. The molecule has 2 N–H and O–H groups in total. The van der Waals surface area contributed by atoms with Crippen LogP contribution in [0.1, 0.15) is 26.4 Å². The van der Waals surface area contributed by atoms with E-state index >= 15 is 0 Å². The lowest BCUT2D eigenvalue weighted by atomic mass is 10.1. The molecule has 1 saturated heterocycles. The van der Waals surface area contributed by atoms with Gasteiger partial charge in [-0.2, -0.15) is 0 Å². The predicted molar refractivity (Wildman–Crippen MR) is 99.4 cm³/mol. The van der Waals surface area contributed by atoms with E-state index in [2.05, 4.69) is 14.7 Å². The summed E-state index contributed by atoms with van der Waals surface area (Å²) < 4.78 is 22.2. The lowest BCUT2D eigenvalue weighted by molar-refractivity contribution is 0.0532. The Morgan fingerprint density at radius 2 is 1.78 bits per heavy atom. The number of anilines is 1. The number of aryl methyl sites for hydroxylation is 1. The number of nitrogens with one attached hydrogen (secondary N) is 1. The second-order valence-electron chi connectivity index (χ2n) is 6.06. The fourth-order valence-electron chi connectivity index (χ4n) is 2.87. The fraction of sp³-hybridized carbons (Fsp3) is 0.294. The molecule has 2 amide bonds. The van der Waals surface area contributed by atoms with Crippen LogP contribution in [0.5, 0.6) is 0 Å². The number of benzene rings is 1. The highest BCUT2D eigenvalue weighted by molar-refractivity contribution is 7.80. The number of amides is 2. The van der Waals surface area contributed by atoms with Crippen LogP contribution >= 0.6 is 0 Å². The van der Waals surface area contributed by atoms with Crippen LogP contribution in [0.25, 0.3) is 0 Å². The molecule has 1 aliphatic heterocycles. The molecule has 2 aromatic rings. The first-order valence-corrected chi connectivity index (χ1v) is 9.39. The molecule has 2 heterocycles. The molecule has 1 atom stereocenters. The zero-order chi connectivity index (χ0) is 19.4. The molecular weight excluding hydrogens is 370 g/mol. The van der Waals surface area contributed by atoms with Gasteiger partial charge < -0.3 is 9.80 Å². The van der Waals surface area contributed by atoms with Crippen LogP contribution in [0.3, 0.4) is 0 Å². The highest BCUT2D eigenvalue weighted by Gasteiger charge is 2.26. The number of piperazine rings is 1. The minimum absolute atomic E-state index is 0.138. The van der Waals surface area contributed by atoms with E-state index in [0.29, 0.717) is 43.0 Å². The van der Waals surface area contributed by atoms with E-state index in [1.54, 1.807) is 34.9 Å². The smallest absolute Gasteiger partial charge is 0.274 e. The van der Waals surface area contributed by atoms with E-state index in [1.807, 2.05) is 0 Å². The van der Waals surface area contributed by atoms with Gasteiger partial charge >= 0.3 is 0 Å². The van der Waals surface area contributed by atoms with Crippen LogP contribution < -0.4 is 4.72 Å². The van der Waals surface area contributed by atoms with Gasteiger partial charge in [-0.25, -0.2) is 9.19 Å². The molecule has 9 nitrogen and oxygen atoms in total. The van der Waals surface area contributed by atoms with Crippen molar-refractivity contribution in [3.63, 3.8) is 0 Å². The summed E-state index contributed by atoms with van der Waals surface area (Å²) in [4.78, 5) is 36.3. The zero-order valence-corrected chi connectivity index (χ0v) is 15.5. The van der Waals surface area contributed by atoms with Crippen molar-refractivity contribution in [1.29, 1.82) is 0 Å². The predicted octanol–water partition coefficient (Wildman–Crippen LogP) is 0.932. The van der Waals surface area contributed by atoms with Crippen LogP contribution in [-0.4, -0.2) is 66.5 Å². The normalized spacial score (nSPS) is 15.3. The number of carbonyl (C=O) groups excluding carboxylic acids is 2. The van der Waals surface area contributed by atoms with Gasteiger partial charge in [0.05, 0.1) is 11.9 Å². The molecule has 0 aliphatic carbocycles. The Kier molecular flexibility index (Phi) is 5.77. The van der Waals surface area contributed by atoms with Crippen molar-refractivity contribution in [2.45, 2.75) is 6.92 Å². The molecule has 10 heteroatoms. The summed E-state index contributed by atoms with van der Waals surface area (Å²) in [6.45, 7) is 3.44. The number of aromatic nitrogens is 2.